The normalized spacial score (nSPS) is 28.9. The van der Waals surface area contributed by atoms with E-state index in [1.165, 1.54) is 38.5 Å². The number of nitrogens with zero attached hydrogens (tertiary/aromatic N) is 2. The van der Waals surface area contributed by atoms with Gasteiger partial charge in [0.1, 0.15) is 6.10 Å². The summed E-state index contributed by atoms with van der Waals surface area (Å²) in [7, 11) is 1.76. The molecule has 1 aromatic rings. The van der Waals surface area contributed by atoms with Gasteiger partial charge in [0.05, 0.1) is 5.54 Å². The van der Waals surface area contributed by atoms with E-state index >= 15 is 0 Å². The van der Waals surface area contributed by atoms with Crippen LogP contribution in [0.5, 0.6) is 0 Å². The van der Waals surface area contributed by atoms with Gasteiger partial charge < -0.3 is 14.6 Å². The maximum Gasteiger partial charge on any atom is 0.247 e. The zero-order valence-corrected chi connectivity index (χ0v) is 13.2. The second-order valence-corrected chi connectivity index (χ2v) is 6.48. The fourth-order valence-electron chi connectivity index (χ4n) is 3.93. The fourth-order valence-corrected chi connectivity index (χ4v) is 3.93. The van der Waals surface area contributed by atoms with Crippen molar-refractivity contribution in [1.82, 2.24) is 15.5 Å². The number of methoxy groups -OCH3 is 1. The van der Waals surface area contributed by atoms with E-state index in [1.54, 1.807) is 7.11 Å². The van der Waals surface area contributed by atoms with E-state index in [0.29, 0.717) is 5.92 Å². The first-order valence-corrected chi connectivity index (χ1v) is 8.41. The predicted octanol–water partition coefficient (Wildman–Crippen LogP) is 3.33. The van der Waals surface area contributed by atoms with E-state index in [1.807, 2.05) is 0 Å². The van der Waals surface area contributed by atoms with Crippen LogP contribution in [0.1, 0.15) is 76.1 Å². The summed E-state index contributed by atoms with van der Waals surface area (Å²) in [5, 5.41) is 7.80. The van der Waals surface area contributed by atoms with E-state index in [-0.39, 0.29) is 11.6 Å². The summed E-state index contributed by atoms with van der Waals surface area (Å²) in [6.45, 7) is 3.21. The highest BCUT2D eigenvalue weighted by Crippen LogP contribution is 2.37. The van der Waals surface area contributed by atoms with Crippen molar-refractivity contribution in [2.75, 3.05) is 13.7 Å². The third kappa shape index (κ3) is 2.86. The van der Waals surface area contributed by atoms with Crippen molar-refractivity contribution in [2.24, 2.45) is 5.92 Å². The first-order valence-electron chi connectivity index (χ1n) is 8.41. The number of hydrogen-bond donors (Lipinski definition) is 1. The molecule has 1 aliphatic carbocycles. The standard InChI is InChI=1S/C16H27N3O2/c1-3-16(10-7-11-17-16)15-18-14(19-21-15)13(20-2)12-8-5-4-6-9-12/h12-13,17H,3-11H2,1-2H3. The summed E-state index contributed by atoms with van der Waals surface area (Å²) in [5.41, 5.74) is -0.115. The van der Waals surface area contributed by atoms with Crippen LogP contribution in [0, 0.1) is 5.92 Å². The van der Waals surface area contributed by atoms with Gasteiger partial charge in [-0.15, -0.1) is 0 Å². The molecule has 2 atom stereocenters. The van der Waals surface area contributed by atoms with Gasteiger partial charge in [0.15, 0.2) is 0 Å². The van der Waals surface area contributed by atoms with Gasteiger partial charge in [-0.1, -0.05) is 31.3 Å². The van der Waals surface area contributed by atoms with Gasteiger partial charge in [-0.25, -0.2) is 0 Å². The van der Waals surface area contributed by atoms with Crippen LogP contribution in [-0.2, 0) is 10.3 Å². The minimum Gasteiger partial charge on any atom is -0.373 e. The molecule has 2 fully saturated rings. The van der Waals surface area contributed by atoms with Crippen molar-refractivity contribution in [1.29, 1.82) is 0 Å². The Bertz CT molecular complexity index is 448. The molecule has 1 N–H and O–H groups in total. The minimum absolute atomic E-state index is 0.0156. The smallest absolute Gasteiger partial charge is 0.247 e. The summed E-state index contributed by atoms with van der Waals surface area (Å²) in [6, 6.07) is 0. The lowest BCUT2D eigenvalue weighted by Gasteiger charge is -2.27. The first kappa shape index (κ1) is 15.0. The Balaban J connectivity index is 1.79. The monoisotopic (exact) mass is 293 g/mol. The topological polar surface area (TPSA) is 60.2 Å². The van der Waals surface area contributed by atoms with Crippen molar-refractivity contribution >= 4 is 0 Å². The molecule has 1 saturated heterocycles. The highest BCUT2D eigenvalue weighted by Gasteiger charge is 2.40. The lowest BCUT2D eigenvalue weighted by Crippen LogP contribution is -2.36. The van der Waals surface area contributed by atoms with Crippen molar-refractivity contribution in [3.05, 3.63) is 11.7 Å². The fraction of sp³-hybridized carbons (Fsp3) is 0.875. The molecule has 2 aliphatic rings. The summed E-state index contributed by atoms with van der Waals surface area (Å²) >= 11 is 0. The number of aromatic nitrogens is 2. The molecular formula is C16H27N3O2. The Morgan fingerprint density at radius 1 is 1.33 bits per heavy atom. The minimum atomic E-state index is -0.115. The van der Waals surface area contributed by atoms with Crippen LogP contribution in [0.4, 0.5) is 0 Å². The Morgan fingerprint density at radius 2 is 2.14 bits per heavy atom. The Labute approximate surface area is 126 Å². The molecule has 0 amide bonds. The van der Waals surface area contributed by atoms with Gasteiger partial charge in [0, 0.05) is 7.11 Å². The van der Waals surface area contributed by atoms with Crippen LogP contribution in [0.25, 0.3) is 0 Å². The molecule has 5 heteroatoms. The summed E-state index contributed by atoms with van der Waals surface area (Å²) in [5.74, 6) is 2.01. The third-order valence-electron chi connectivity index (χ3n) is 5.28. The average molecular weight is 293 g/mol. The molecule has 21 heavy (non-hydrogen) atoms. The van der Waals surface area contributed by atoms with Crippen LogP contribution in [-0.4, -0.2) is 23.8 Å². The summed E-state index contributed by atoms with van der Waals surface area (Å²) < 4.78 is 11.3. The van der Waals surface area contributed by atoms with Gasteiger partial charge in [-0.2, -0.15) is 4.98 Å². The number of rotatable bonds is 5. The molecule has 0 radical (unpaired) electrons. The second-order valence-electron chi connectivity index (χ2n) is 6.48. The molecule has 3 rings (SSSR count). The van der Waals surface area contributed by atoms with Crippen molar-refractivity contribution in [2.45, 2.75) is 69.9 Å². The molecule has 5 nitrogen and oxygen atoms in total. The van der Waals surface area contributed by atoms with Crippen LogP contribution < -0.4 is 5.32 Å². The number of hydrogen-bond acceptors (Lipinski definition) is 5. The van der Waals surface area contributed by atoms with Gasteiger partial charge in [-0.3, -0.25) is 0 Å². The summed E-state index contributed by atoms with van der Waals surface area (Å²) in [6.07, 6.45) is 9.54. The molecule has 1 saturated carbocycles. The quantitative estimate of drug-likeness (QED) is 0.902. The van der Waals surface area contributed by atoms with E-state index in [9.17, 15) is 0 Å². The van der Waals surface area contributed by atoms with Gasteiger partial charge in [0.2, 0.25) is 11.7 Å². The molecular weight excluding hydrogens is 266 g/mol. The molecule has 0 spiro atoms. The van der Waals surface area contributed by atoms with Crippen molar-refractivity contribution in [3.63, 3.8) is 0 Å². The highest BCUT2D eigenvalue weighted by atomic mass is 16.5. The van der Waals surface area contributed by atoms with E-state index < -0.39 is 0 Å². The zero-order valence-electron chi connectivity index (χ0n) is 13.2. The molecule has 1 aromatic heterocycles. The van der Waals surface area contributed by atoms with Gasteiger partial charge >= 0.3 is 0 Å². The van der Waals surface area contributed by atoms with Crippen LogP contribution >= 0.6 is 0 Å². The molecule has 118 valence electrons. The number of nitrogens with one attached hydrogen (secondary N) is 1. The maximum absolute atomic E-state index is 5.71. The van der Waals surface area contributed by atoms with Crippen LogP contribution in [0.15, 0.2) is 4.52 Å². The van der Waals surface area contributed by atoms with Crippen molar-refractivity contribution in [3.8, 4) is 0 Å². The number of ether oxygens (including phenoxy) is 1. The van der Waals surface area contributed by atoms with Gasteiger partial charge in [-0.05, 0) is 44.6 Å². The van der Waals surface area contributed by atoms with E-state index in [0.717, 1.165) is 31.1 Å². The molecule has 1 aliphatic heterocycles. The maximum atomic E-state index is 5.71. The third-order valence-corrected chi connectivity index (χ3v) is 5.28. The van der Waals surface area contributed by atoms with Crippen molar-refractivity contribution < 1.29 is 9.26 Å². The van der Waals surface area contributed by atoms with E-state index in [4.69, 9.17) is 14.2 Å². The molecule has 0 bridgehead atoms. The summed E-state index contributed by atoms with van der Waals surface area (Å²) in [4.78, 5) is 4.72. The zero-order chi connectivity index (χ0) is 14.7. The Kier molecular flexibility index (Phi) is 4.60. The SMILES string of the molecule is CCC1(c2nc(C(OC)C3CCCCC3)no2)CCCN1. The molecule has 2 heterocycles. The average Bonchev–Trinajstić information content (AvgIpc) is 3.19. The second kappa shape index (κ2) is 6.44. The largest absolute Gasteiger partial charge is 0.373 e. The first-order chi connectivity index (χ1) is 10.3. The van der Waals surface area contributed by atoms with E-state index in [2.05, 4.69) is 17.4 Å². The lowest BCUT2D eigenvalue weighted by atomic mass is 9.85. The molecule has 0 aromatic carbocycles. The Hall–Kier alpha value is -0.940. The van der Waals surface area contributed by atoms with Crippen LogP contribution in [0.3, 0.4) is 0 Å². The highest BCUT2D eigenvalue weighted by molar-refractivity contribution is 5.07. The lowest BCUT2D eigenvalue weighted by molar-refractivity contribution is 0.0273. The van der Waals surface area contributed by atoms with Gasteiger partial charge in [0.25, 0.3) is 0 Å². The molecule has 2 unspecified atom stereocenters. The van der Waals surface area contributed by atoms with Crippen LogP contribution in [0.2, 0.25) is 0 Å². The predicted molar refractivity (Wildman–Crippen MR) is 79.8 cm³/mol. The Morgan fingerprint density at radius 3 is 2.76 bits per heavy atom.